The summed E-state index contributed by atoms with van der Waals surface area (Å²) in [5, 5.41) is 17.8. The van der Waals surface area contributed by atoms with E-state index in [-0.39, 0.29) is 11.2 Å². The second-order valence-corrected chi connectivity index (χ2v) is 4.23. The summed E-state index contributed by atoms with van der Waals surface area (Å²) in [6.45, 7) is 2.78. The summed E-state index contributed by atoms with van der Waals surface area (Å²) in [6.07, 6.45) is 0. The summed E-state index contributed by atoms with van der Waals surface area (Å²) >= 11 is 1.24. The van der Waals surface area contributed by atoms with Crippen molar-refractivity contribution < 1.29 is 14.4 Å². The number of rotatable bonds is 5. The zero-order valence-corrected chi connectivity index (χ0v) is 9.96. The van der Waals surface area contributed by atoms with Crippen molar-refractivity contribution in [3.8, 4) is 0 Å². The average Bonchev–Trinajstić information content (AvgIpc) is 2.26. The van der Waals surface area contributed by atoms with Gasteiger partial charge < -0.3 is 14.8 Å². The van der Waals surface area contributed by atoms with E-state index in [0.29, 0.717) is 0 Å². The van der Waals surface area contributed by atoms with Crippen LogP contribution in [0.4, 0.5) is 10.1 Å². The third kappa shape index (κ3) is 3.38. The fourth-order valence-electron chi connectivity index (χ4n) is 1.02. The summed E-state index contributed by atoms with van der Waals surface area (Å²) in [4.78, 5) is 0. The molecule has 0 bridgehead atoms. The van der Waals surface area contributed by atoms with Crippen LogP contribution in [0.1, 0.15) is 6.92 Å². The molecule has 4 nitrogen and oxygen atoms in total. The molecule has 0 unspecified atom stereocenters. The van der Waals surface area contributed by atoms with Gasteiger partial charge in [-0.25, -0.2) is 8.70 Å². The number of nitrogens with one attached hydrogen (secondary N) is 1. The second kappa shape index (κ2) is 6.10. The molecule has 0 saturated heterocycles. The largest absolute Gasteiger partial charge is 0.491 e. The Morgan fingerprint density at radius 1 is 1.50 bits per heavy atom. The minimum absolute atomic E-state index is 0.134. The highest BCUT2D eigenvalue weighted by Crippen LogP contribution is 2.17. The molecule has 0 aliphatic carbocycles. The van der Waals surface area contributed by atoms with Crippen molar-refractivity contribution in [2.75, 3.05) is 18.3 Å². The number of anilines is 1. The molecular weight excluding hydrogens is 230 g/mol. The summed E-state index contributed by atoms with van der Waals surface area (Å²) in [5.74, 6) is -0.644. The van der Waals surface area contributed by atoms with E-state index in [1.54, 1.807) is 6.07 Å². The minimum Gasteiger partial charge on any atom is -0.423 e. The molecule has 1 aromatic rings. The van der Waals surface area contributed by atoms with E-state index in [4.69, 9.17) is 10.0 Å². The number of halogens is 1. The summed E-state index contributed by atoms with van der Waals surface area (Å²) < 4.78 is 18.3. The molecule has 0 spiro atoms. The van der Waals surface area contributed by atoms with Crippen LogP contribution in [0.25, 0.3) is 0 Å². The molecule has 88 valence electrons. The Morgan fingerprint density at radius 2 is 2.19 bits per heavy atom. The lowest BCUT2D eigenvalue weighted by atomic mass is 9.80. The predicted molar refractivity (Wildman–Crippen MR) is 65.7 cm³/mol. The van der Waals surface area contributed by atoms with E-state index in [9.17, 15) is 4.39 Å². The van der Waals surface area contributed by atoms with E-state index >= 15 is 0 Å². The zero-order chi connectivity index (χ0) is 12.1. The third-order valence-corrected chi connectivity index (χ3v) is 2.94. The maximum absolute atomic E-state index is 13.7. The van der Waals surface area contributed by atoms with Gasteiger partial charge in [0.1, 0.15) is 5.82 Å². The Labute approximate surface area is 98.9 Å². The zero-order valence-electron chi connectivity index (χ0n) is 9.14. The molecule has 0 atom stereocenters. The molecule has 7 heteroatoms. The molecule has 0 fully saturated rings. The fraction of sp³-hybridized carbons (Fsp3) is 0.333. The van der Waals surface area contributed by atoms with Crippen molar-refractivity contribution in [1.29, 1.82) is 0 Å². The van der Waals surface area contributed by atoms with Crippen LogP contribution in [-0.2, 0) is 0 Å². The van der Waals surface area contributed by atoms with Gasteiger partial charge in [-0.3, -0.25) is 0 Å². The van der Waals surface area contributed by atoms with Gasteiger partial charge in [-0.1, -0.05) is 19.1 Å². The van der Waals surface area contributed by atoms with Crippen LogP contribution >= 0.6 is 12.1 Å². The molecular formula is C9H14BFN2O2S. The molecule has 0 heterocycles. The lowest BCUT2D eigenvalue weighted by molar-refractivity contribution is 0.423. The summed E-state index contributed by atoms with van der Waals surface area (Å²) in [5.41, 5.74) is 0.0978. The fourth-order valence-corrected chi connectivity index (χ4v) is 1.56. The number of hydrogen-bond donors (Lipinski definition) is 3. The lowest BCUT2D eigenvalue weighted by Gasteiger charge is -2.15. The summed E-state index contributed by atoms with van der Waals surface area (Å²) in [7, 11) is 0.0657. The normalized spacial score (nSPS) is 10.6. The van der Waals surface area contributed by atoms with Gasteiger partial charge in [-0.15, -0.1) is 0 Å². The number of hydrogen-bond acceptors (Lipinski definition) is 5. The predicted octanol–water partition coefficient (Wildman–Crippen LogP) is 0.432. The maximum Gasteiger partial charge on any atom is 0.491 e. The average molecular weight is 244 g/mol. The van der Waals surface area contributed by atoms with Crippen molar-refractivity contribution in [2.24, 2.45) is 0 Å². The van der Waals surface area contributed by atoms with Gasteiger partial charge in [-0.05, 0) is 13.1 Å². The van der Waals surface area contributed by atoms with Crippen molar-refractivity contribution in [2.45, 2.75) is 6.92 Å². The van der Waals surface area contributed by atoms with Gasteiger partial charge in [0.25, 0.3) is 0 Å². The molecule has 0 saturated carbocycles. The van der Waals surface area contributed by atoms with E-state index in [1.165, 1.54) is 24.3 Å². The maximum atomic E-state index is 13.7. The topological polar surface area (TPSA) is 55.7 Å². The highest BCUT2D eigenvalue weighted by molar-refractivity contribution is 7.98. The van der Waals surface area contributed by atoms with Crippen LogP contribution in [0.2, 0.25) is 0 Å². The molecule has 1 rings (SSSR count). The van der Waals surface area contributed by atoms with Gasteiger partial charge in [-0.2, -0.15) is 0 Å². The first-order valence-corrected chi connectivity index (χ1v) is 5.62. The van der Waals surface area contributed by atoms with Gasteiger partial charge in [0.05, 0.1) is 5.69 Å². The lowest BCUT2D eigenvalue weighted by Crippen LogP contribution is -2.33. The van der Waals surface area contributed by atoms with Gasteiger partial charge in [0.15, 0.2) is 0 Å². The van der Waals surface area contributed by atoms with Gasteiger partial charge in [0, 0.05) is 24.1 Å². The Balaban J connectivity index is 2.77. The van der Waals surface area contributed by atoms with Crippen molar-refractivity contribution in [1.82, 2.24) is 4.31 Å². The highest BCUT2D eigenvalue weighted by Gasteiger charge is 2.18. The van der Waals surface area contributed by atoms with Crippen LogP contribution in [0.15, 0.2) is 18.2 Å². The highest BCUT2D eigenvalue weighted by atomic mass is 32.2. The smallest absolute Gasteiger partial charge is 0.423 e. The van der Waals surface area contributed by atoms with E-state index < -0.39 is 12.9 Å². The Hall–Kier alpha value is -0.755. The number of benzene rings is 1. The molecule has 16 heavy (non-hydrogen) atoms. The third-order valence-electron chi connectivity index (χ3n) is 2.06. The molecule has 0 aliphatic heterocycles. The first-order chi connectivity index (χ1) is 7.56. The Kier molecular flexibility index (Phi) is 5.07. The molecule has 3 N–H and O–H groups in total. The summed E-state index contributed by atoms with van der Waals surface area (Å²) in [6, 6.07) is 4.43. The first kappa shape index (κ1) is 13.3. The van der Waals surface area contributed by atoms with E-state index in [1.807, 2.05) is 18.3 Å². The van der Waals surface area contributed by atoms with Crippen LogP contribution < -0.4 is 10.2 Å². The standard InChI is InChI=1S/C9H14BFN2O2S/c1-3-13(2)16-12-8-6-4-5-7(9(8)11)10(14)15/h4-6,12,14-15H,3H2,1-2H3. The molecule has 1 aromatic carbocycles. The SMILES string of the molecule is CCN(C)SNc1cccc(B(O)O)c1F. The van der Waals surface area contributed by atoms with E-state index in [0.717, 1.165) is 6.54 Å². The van der Waals surface area contributed by atoms with Crippen molar-refractivity contribution in [3.05, 3.63) is 24.0 Å². The van der Waals surface area contributed by atoms with E-state index in [2.05, 4.69) is 4.72 Å². The quantitative estimate of drug-likeness (QED) is 0.518. The Morgan fingerprint density at radius 3 is 2.75 bits per heavy atom. The number of nitrogens with zero attached hydrogens (tertiary/aromatic N) is 1. The van der Waals surface area contributed by atoms with Crippen LogP contribution in [0.5, 0.6) is 0 Å². The molecule has 0 amide bonds. The first-order valence-electron chi connectivity index (χ1n) is 4.85. The minimum atomic E-state index is -1.80. The van der Waals surface area contributed by atoms with Crippen LogP contribution in [-0.4, -0.2) is 35.1 Å². The van der Waals surface area contributed by atoms with Gasteiger partial charge >= 0.3 is 7.12 Å². The molecule has 0 aromatic heterocycles. The van der Waals surface area contributed by atoms with Crippen molar-refractivity contribution >= 4 is 30.4 Å². The van der Waals surface area contributed by atoms with Gasteiger partial charge in [0.2, 0.25) is 0 Å². The monoisotopic (exact) mass is 244 g/mol. The Bertz CT molecular complexity index is 354. The second-order valence-electron chi connectivity index (χ2n) is 3.22. The van der Waals surface area contributed by atoms with Crippen LogP contribution in [0, 0.1) is 5.82 Å². The van der Waals surface area contributed by atoms with Crippen LogP contribution in [0.3, 0.4) is 0 Å². The van der Waals surface area contributed by atoms with Crippen molar-refractivity contribution in [3.63, 3.8) is 0 Å². The molecule has 0 aliphatic rings. The molecule has 0 radical (unpaired) electrons.